The number of aryl methyl sites for hydroxylation is 1. The maximum atomic E-state index is 13.4. The molecule has 0 spiro atoms. The van der Waals surface area contributed by atoms with Gasteiger partial charge in [-0.2, -0.15) is 26.3 Å². The van der Waals surface area contributed by atoms with Crippen LogP contribution in [0, 0.1) is 12.7 Å². The van der Waals surface area contributed by atoms with Crippen molar-refractivity contribution in [3.8, 4) is 5.75 Å². The molecule has 1 aromatic carbocycles. The van der Waals surface area contributed by atoms with Gasteiger partial charge in [0.1, 0.15) is 11.6 Å². The first-order chi connectivity index (χ1) is 9.34. The van der Waals surface area contributed by atoms with E-state index in [9.17, 15) is 30.7 Å². The fourth-order valence-electron chi connectivity index (χ4n) is 1.57. The SMILES string of the molecule is Cc1cc(OC(C(F)(F)F)C(F)(F)F)c([C@H](C)N)cc1F. The van der Waals surface area contributed by atoms with Gasteiger partial charge in [0.2, 0.25) is 0 Å². The minimum Gasteiger partial charge on any atom is -0.471 e. The summed E-state index contributed by atoms with van der Waals surface area (Å²) in [6.45, 7) is 2.47. The van der Waals surface area contributed by atoms with Crippen LogP contribution in [0.1, 0.15) is 24.1 Å². The third kappa shape index (κ3) is 4.23. The molecule has 0 radical (unpaired) electrons. The first kappa shape index (κ1) is 17.5. The van der Waals surface area contributed by atoms with Gasteiger partial charge in [0.25, 0.3) is 6.10 Å². The zero-order valence-corrected chi connectivity index (χ0v) is 10.9. The average Bonchev–Trinajstić information content (AvgIpc) is 2.26. The van der Waals surface area contributed by atoms with Crippen molar-refractivity contribution in [2.24, 2.45) is 5.73 Å². The third-order valence-corrected chi connectivity index (χ3v) is 2.62. The van der Waals surface area contributed by atoms with E-state index in [0.717, 1.165) is 12.1 Å². The molecule has 0 aliphatic rings. The Morgan fingerprint density at radius 2 is 1.52 bits per heavy atom. The molecule has 0 saturated carbocycles. The molecular formula is C12H12F7NO. The second-order valence-electron chi connectivity index (χ2n) is 4.51. The molecule has 2 nitrogen and oxygen atoms in total. The van der Waals surface area contributed by atoms with E-state index in [1.807, 2.05) is 0 Å². The summed E-state index contributed by atoms with van der Waals surface area (Å²) in [5.41, 5.74) is 4.98. The topological polar surface area (TPSA) is 35.2 Å². The van der Waals surface area contributed by atoms with Crippen LogP contribution in [0.5, 0.6) is 5.75 Å². The standard InChI is InChI=1S/C12H12F7NO/c1-5-3-9(7(6(2)20)4-8(5)13)21-10(11(14,15)16)12(17,18)19/h3-4,6,10H,20H2,1-2H3/t6-/m0/s1. The van der Waals surface area contributed by atoms with Crippen LogP contribution in [0.4, 0.5) is 30.7 Å². The van der Waals surface area contributed by atoms with E-state index in [1.165, 1.54) is 13.8 Å². The second kappa shape index (κ2) is 5.70. The number of hydrogen-bond donors (Lipinski definition) is 1. The molecule has 0 fully saturated rings. The van der Waals surface area contributed by atoms with Crippen molar-refractivity contribution in [3.63, 3.8) is 0 Å². The summed E-state index contributed by atoms with van der Waals surface area (Å²) in [5, 5.41) is 0. The summed E-state index contributed by atoms with van der Waals surface area (Å²) in [6, 6.07) is 0.523. The van der Waals surface area contributed by atoms with Gasteiger partial charge < -0.3 is 10.5 Å². The zero-order chi connectivity index (χ0) is 16.6. The highest BCUT2D eigenvalue weighted by Crippen LogP contribution is 2.38. The first-order valence-corrected chi connectivity index (χ1v) is 5.69. The van der Waals surface area contributed by atoms with E-state index in [2.05, 4.69) is 4.74 Å². The van der Waals surface area contributed by atoms with Crippen LogP contribution in [0.3, 0.4) is 0 Å². The molecule has 1 rings (SSSR count). The number of halogens is 7. The van der Waals surface area contributed by atoms with Crippen LogP contribution in [-0.2, 0) is 0 Å². The van der Waals surface area contributed by atoms with E-state index in [0.29, 0.717) is 0 Å². The van der Waals surface area contributed by atoms with Crippen molar-refractivity contribution in [2.45, 2.75) is 38.3 Å². The lowest BCUT2D eigenvalue weighted by Crippen LogP contribution is -2.46. The Morgan fingerprint density at radius 3 is 1.90 bits per heavy atom. The van der Waals surface area contributed by atoms with E-state index in [1.54, 1.807) is 0 Å². The van der Waals surface area contributed by atoms with Crippen LogP contribution in [-0.4, -0.2) is 18.5 Å². The minimum atomic E-state index is -5.66. The highest BCUT2D eigenvalue weighted by atomic mass is 19.4. The van der Waals surface area contributed by atoms with Crippen molar-refractivity contribution in [1.82, 2.24) is 0 Å². The number of benzene rings is 1. The Hall–Kier alpha value is -1.51. The Morgan fingerprint density at radius 1 is 1.05 bits per heavy atom. The lowest BCUT2D eigenvalue weighted by Gasteiger charge is -2.26. The summed E-state index contributed by atoms with van der Waals surface area (Å²) in [4.78, 5) is 0. The van der Waals surface area contributed by atoms with Crippen LogP contribution >= 0.6 is 0 Å². The summed E-state index contributed by atoms with van der Waals surface area (Å²) in [5.74, 6) is -1.55. The quantitative estimate of drug-likeness (QED) is 0.854. The largest absolute Gasteiger partial charge is 0.471 e. The fraction of sp³-hybridized carbons (Fsp3) is 0.500. The third-order valence-electron chi connectivity index (χ3n) is 2.62. The van der Waals surface area contributed by atoms with Gasteiger partial charge in [-0.1, -0.05) is 0 Å². The number of alkyl halides is 6. The maximum Gasteiger partial charge on any atom is 0.434 e. The van der Waals surface area contributed by atoms with Crippen molar-refractivity contribution >= 4 is 0 Å². The Kier molecular flexibility index (Phi) is 4.76. The van der Waals surface area contributed by atoms with Gasteiger partial charge in [0, 0.05) is 11.6 Å². The monoisotopic (exact) mass is 319 g/mol. The maximum absolute atomic E-state index is 13.4. The summed E-state index contributed by atoms with van der Waals surface area (Å²) < 4.78 is 92.2. The molecule has 0 saturated heterocycles. The van der Waals surface area contributed by atoms with Crippen LogP contribution in [0.25, 0.3) is 0 Å². The van der Waals surface area contributed by atoms with Gasteiger partial charge in [-0.25, -0.2) is 4.39 Å². The molecule has 0 bridgehead atoms. The first-order valence-electron chi connectivity index (χ1n) is 5.69. The summed E-state index contributed by atoms with van der Waals surface area (Å²) in [7, 11) is 0. The van der Waals surface area contributed by atoms with Gasteiger partial charge in [0.05, 0.1) is 0 Å². The van der Waals surface area contributed by atoms with Gasteiger partial charge in [-0.3, -0.25) is 0 Å². The summed E-state index contributed by atoms with van der Waals surface area (Å²) in [6.07, 6.45) is -15.3. The van der Waals surface area contributed by atoms with Crippen molar-refractivity contribution in [3.05, 3.63) is 29.1 Å². The van der Waals surface area contributed by atoms with Crippen molar-refractivity contribution in [2.75, 3.05) is 0 Å². The van der Waals surface area contributed by atoms with Crippen molar-refractivity contribution in [1.29, 1.82) is 0 Å². The highest BCUT2D eigenvalue weighted by Gasteiger charge is 2.59. The van der Waals surface area contributed by atoms with Crippen LogP contribution < -0.4 is 10.5 Å². The molecule has 21 heavy (non-hydrogen) atoms. The molecule has 1 atom stereocenters. The van der Waals surface area contributed by atoms with E-state index < -0.39 is 36.1 Å². The Balaban J connectivity index is 3.30. The molecule has 120 valence electrons. The van der Waals surface area contributed by atoms with E-state index >= 15 is 0 Å². The second-order valence-corrected chi connectivity index (χ2v) is 4.51. The van der Waals surface area contributed by atoms with Gasteiger partial charge in [0.15, 0.2) is 0 Å². The van der Waals surface area contributed by atoms with Gasteiger partial charge in [-0.05, 0) is 31.5 Å². The zero-order valence-electron chi connectivity index (χ0n) is 10.9. The molecule has 0 amide bonds. The number of rotatable bonds is 3. The minimum absolute atomic E-state index is 0.155. The molecule has 9 heteroatoms. The average molecular weight is 319 g/mol. The van der Waals surface area contributed by atoms with E-state index in [-0.39, 0.29) is 11.1 Å². The predicted molar refractivity (Wildman–Crippen MR) is 60.3 cm³/mol. The lowest BCUT2D eigenvalue weighted by molar-refractivity contribution is -0.300. The lowest BCUT2D eigenvalue weighted by atomic mass is 10.0. The number of ether oxygens (including phenoxy) is 1. The van der Waals surface area contributed by atoms with E-state index in [4.69, 9.17) is 5.73 Å². The molecule has 0 heterocycles. The molecular weight excluding hydrogens is 307 g/mol. The molecule has 0 aliphatic heterocycles. The normalized spacial score (nSPS) is 14.4. The molecule has 0 aliphatic carbocycles. The van der Waals surface area contributed by atoms with Gasteiger partial charge in [-0.15, -0.1) is 0 Å². The molecule has 0 aromatic heterocycles. The highest BCUT2D eigenvalue weighted by molar-refractivity contribution is 5.40. The van der Waals surface area contributed by atoms with Crippen molar-refractivity contribution < 1.29 is 35.5 Å². The molecule has 0 unspecified atom stereocenters. The Bertz CT molecular complexity index is 494. The predicted octanol–water partition coefficient (Wildman–Crippen LogP) is 4.03. The number of nitrogens with two attached hydrogens (primary N) is 1. The smallest absolute Gasteiger partial charge is 0.434 e. The fourth-order valence-corrected chi connectivity index (χ4v) is 1.57. The van der Waals surface area contributed by atoms with Crippen LogP contribution in [0.2, 0.25) is 0 Å². The van der Waals surface area contributed by atoms with Gasteiger partial charge >= 0.3 is 12.4 Å². The molecule has 1 aromatic rings. The summed E-state index contributed by atoms with van der Waals surface area (Å²) >= 11 is 0. The Labute approximate surface area is 115 Å². The number of hydrogen-bond acceptors (Lipinski definition) is 2. The molecule has 2 N–H and O–H groups in total. The van der Waals surface area contributed by atoms with Crippen LogP contribution in [0.15, 0.2) is 12.1 Å².